The maximum Gasteiger partial charge on any atom is 0.241 e. The van der Waals surface area contributed by atoms with Crippen LogP contribution < -0.4 is 4.90 Å². The molecule has 2 aromatic carbocycles. The van der Waals surface area contributed by atoms with Crippen molar-refractivity contribution < 1.29 is 13.2 Å². The van der Waals surface area contributed by atoms with Crippen molar-refractivity contribution in [1.29, 1.82) is 0 Å². The maximum absolute atomic E-state index is 13.1. The summed E-state index contributed by atoms with van der Waals surface area (Å²) < 4.78 is 25.0. The smallest absolute Gasteiger partial charge is 0.241 e. The molecule has 0 bridgehead atoms. The number of carbonyl (C=O) groups is 1. The van der Waals surface area contributed by atoms with E-state index in [0.717, 1.165) is 17.7 Å². The summed E-state index contributed by atoms with van der Waals surface area (Å²) in [6.07, 6.45) is 0.747. The van der Waals surface area contributed by atoms with Gasteiger partial charge >= 0.3 is 0 Å². The van der Waals surface area contributed by atoms with Crippen LogP contribution in [0.4, 0.5) is 5.69 Å². The molecule has 1 amide bonds. The van der Waals surface area contributed by atoms with Gasteiger partial charge in [0.15, 0.2) is 9.84 Å². The lowest BCUT2D eigenvalue weighted by molar-refractivity contribution is -0.123. The monoisotopic (exact) mass is 446 g/mol. The second-order valence-electron chi connectivity index (χ2n) is 8.57. The molecular formula is C23H27ClN2O3S. The molecule has 0 unspecified atom stereocenters. The summed E-state index contributed by atoms with van der Waals surface area (Å²) in [5, 5.41) is 0.688. The normalized spacial score (nSPS) is 23.7. The third-order valence-corrected chi connectivity index (χ3v) is 8.09. The van der Waals surface area contributed by atoms with E-state index >= 15 is 0 Å². The minimum Gasteiger partial charge on any atom is -0.306 e. The molecule has 2 aliphatic rings. The van der Waals surface area contributed by atoms with Gasteiger partial charge in [-0.1, -0.05) is 49.7 Å². The van der Waals surface area contributed by atoms with Gasteiger partial charge in [-0.05, 0) is 47.7 Å². The van der Waals surface area contributed by atoms with E-state index in [9.17, 15) is 13.2 Å². The summed E-state index contributed by atoms with van der Waals surface area (Å²) in [5.74, 6) is 0.486. The minimum absolute atomic E-state index is 0.0206. The molecule has 2 saturated heterocycles. The molecule has 0 aliphatic carbocycles. The molecular weight excluding hydrogens is 420 g/mol. The molecule has 4 rings (SSSR count). The number of piperazine rings is 1. The van der Waals surface area contributed by atoms with Crippen molar-refractivity contribution in [2.45, 2.75) is 38.3 Å². The minimum atomic E-state index is -3.19. The summed E-state index contributed by atoms with van der Waals surface area (Å²) in [5.41, 5.74) is 3.10. The maximum atomic E-state index is 13.1. The second kappa shape index (κ2) is 8.33. The van der Waals surface area contributed by atoms with Crippen LogP contribution in [0.15, 0.2) is 48.5 Å². The Hall–Kier alpha value is -1.89. The van der Waals surface area contributed by atoms with E-state index in [0.29, 0.717) is 17.5 Å². The second-order valence-corrected chi connectivity index (χ2v) is 11.2. The van der Waals surface area contributed by atoms with Gasteiger partial charge in [-0.3, -0.25) is 9.69 Å². The average Bonchev–Trinajstić information content (AvgIpc) is 3.02. The van der Waals surface area contributed by atoms with Crippen LogP contribution in [-0.4, -0.2) is 55.9 Å². The van der Waals surface area contributed by atoms with Gasteiger partial charge in [-0.15, -0.1) is 0 Å². The first-order valence-electron chi connectivity index (χ1n) is 10.3. The first-order valence-corrected chi connectivity index (χ1v) is 12.5. The number of amides is 1. The molecule has 2 atom stereocenters. The first kappa shape index (κ1) is 21.3. The van der Waals surface area contributed by atoms with Crippen LogP contribution in [0.3, 0.4) is 0 Å². The van der Waals surface area contributed by atoms with Gasteiger partial charge in [-0.25, -0.2) is 8.42 Å². The molecule has 2 heterocycles. The quantitative estimate of drug-likeness (QED) is 0.705. The highest BCUT2D eigenvalue weighted by Crippen LogP contribution is 2.32. The van der Waals surface area contributed by atoms with Crippen LogP contribution in [-0.2, 0) is 21.1 Å². The fourth-order valence-corrected chi connectivity index (χ4v) is 6.59. The van der Waals surface area contributed by atoms with Crippen molar-refractivity contribution in [2.75, 3.05) is 29.5 Å². The average molecular weight is 447 g/mol. The number of hydrogen-bond acceptors (Lipinski definition) is 4. The highest BCUT2D eigenvalue weighted by Gasteiger charge is 2.49. The van der Waals surface area contributed by atoms with Gasteiger partial charge in [0.1, 0.15) is 0 Å². The number of fused-ring (bicyclic) bond motifs is 1. The van der Waals surface area contributed by atoms with E-state index < -0.39 is 9.84 Å². The van der Waals surface area contributed by atoms with E-state index in [-0.39, 0.29) is 36.0 Å². The van der Waals surface area contributed by atoms with Crippen molar-refractivity contribution >= 4 is 33.0 Å². The molecule has 7 heteroatoms. The van der Waals surface area contributed by atoms with Crippen molar-refractivity contribution in [1.82, 2.24) is 4.90 Å². The molecule has 0 saturated carbocycles. The molecule has 2 fully saturated rings. The highest BCUT2D eigenvalue weighted by molar-refractivity contribution is 7.91. The Morgan fingerprint density at radius 1 is 1.00 bits per heavy atom. The van der Waals surface area contributed by atoms with Gasteiger partial charge in [-0.2, -0.15) is 0 Å². The number of nitrogens with zero attached hydrogens (tertiary/aromatic N) is 2. The Labute approximate surface area is 183 Å². The number of carbonyl (C=O) groups excluding carboxylic acids is 1. The van der Waals surface area contributed by atoms with Crippen LogP contribution in [0.5, 0.6) is 0 Å². The summed E-state index contributed by atoms with van der Waals surface area (Å²) >= 11 is 5.96. The SMILES string of the molecule is CC(C)c1ccc(N2C(=O)CN(CCc3ccc(Cl)cc3)[C@@H]3CS(=O)(=O)C[C@H]32)cc1. The zero-order valence-electron chi connectivity index (χ0n) is 17.3. The van der Waals surface area contributed by atoms with E-state index in [4.69, 9.17) is 11.6 Å². The lowest BCUT2D eigenvalue weighted by Crippen LogP contribution is -2.62. The number of benzene rings is 2. The Morgan fingerprint density at radius 3 is 2.27 bits per heavy atom. The number of anilines is 1. The molecule has 30 heavy (non-hydrogen) atoms. The highest BCUT2D eigenvalue weighted by atomic mass is 35.5. The van der Waals surface area contributed by atoms with Crippen LogP contribution in [0.25, 0.3) is 0 Å². The fraction of sp³-hybridized carbons (Fsp3) is 0.435. The Kier molecular flexibility index (Phi) is 5.93. The predicted octanol–water partition coefficient (Wildman–Crippen LogP) is 3.52. The lowest BCUT2D eigenvalue weighted by Gasteiger charge is -2.43. The van der Waals surface area contributed by atoms with Crippen molar-refractivity contribution in [2.24, 2.45) is 0 Å². The largest absolute Gasteiger partial charge is 0.306 e. The summed E-state index contributed by atoms with van der Waals surface area (Å²) in [4.78, 5) is 16.9. The van der Waals surface area contributed by atoms with E-state index in [1.807, 2.05) is 53.4 Å². The van der Waals surface area contributed by atoms with Crippen LogP contribution in [0.2, 0.25) is 5.02 Å². The van der Waals surface area contributed by atoms with Gasteiger partial charge < -0.3 is 4.90 Å². The first-order chi connectivity index (χ1) is 14.2. The number of rotatable bonds is 5. The van der Waals surface area contributed by atoms with Gasteiger partial charge in [0.05, 0.1) is 24.1 Å². The number of sulfone groups is 1. The summed E-state index contributed by atoms with van der Waals surface area (Å²) in [6, 6.07) is 15.1. The summed E-state index contributed by atoms with van der Waals surface area (Å²) in [7, 11) is -3.19. The van der Waals surface area contributed by atoms with Crippen LogP contribution >= 0.6 is 11.6 Å². The number of halogens is 1. The molecule has 0 aromatic heterocycles. The zero-order valence-corrected chi connectivity index (χ0v) is 18.9. The van der Waals surface area contributed by atoms with E-state index in [1.165, 1.54) is 5.56 Å². The van der Waals surface area contributed by atoms with E-state index in [1.54, 1.807) is 4.90 Å². The molecule has 160 valence electrons. The topological polar surface area (TPSA) is 57.7 Å². The zero-order chi connectivity index (χ0) is 21.5. The molecule has 0 N–H and O–H groups in total. The molecule has 5 nitrogen and oxygen atoms in total. The van der Waals surface area contributed by atoms with Crippen molar-refractivity contribution in [3.63, 3.8) is 0 Å². The molecule has 2 aromatic rings. The Morgan fingerprint density at radius 2 is 1.63 bits per heavy atom. The van der Waals surface area contributed by atoms with E-state index in [2.05, 4.69) is 13.8 Å². The summed E-state index contributed by atoms with van der Waals surface area (Å²) in [6.45, 7) is 5.12. The molecule has 0 radical (unpaired) electrons. The van der Waals surface area contributed by atoms with Crippen molar-refractivity contribution in [3.05, 3.63) is 64.7 Å². The van der Waals surface area contributed by atoms with Crippen LogP contribution in [0, 0.1) is 0 Å². The lowest BCUT2D eigenvalue weighted by atomic mass is 10.00. The molecule has 2 aliphatic heterocycles. The third kappa shape index (κ3) is 4.41. The molecule has 0 spiro atoms. The Balaban J connectivity index is 1.56. The third-order valence-electron chi connectivity index (χ3n) is 6.14. The Bertz CT molecular complexity index is 1020. The van der Waals surface area contributed by atoms with Crippen molar-refractivity contribution in [3.8, 4) is 0 Å². The fourth-order valence-electron chi connectivity index (χ4n) is 4.48. The van der Waals surface area contributed by atoms with Gasteiger partial charge in [0.25, 0.3) is 0 Å². The number of hydrogen-bond donors (Lipinski definition) is 0. The van der Waals surface area contributed by atoms with Gasteiger partial charge in [0, 0.05) is 23.3 Å². The predicted molar refractivity (Wildman–Crippen MR) is 121 cm³/mol. The standard InChI is InChI=1S/C23H27ClN2O3S/c1-16(2)18-5-9-20(10-6-18)26-22-15-30(28,29)14-21(22)25(13-23(26)27)12-11-17-3-7-19(24)8-4-17/h3-10,16,21-22H,11-15H2,1-2H3/t21-,22-/m1/s1. The van der Waals surface area contributed by atoms with Gasteiger partial charge in [0.2, 0.25) is 5.91 Å². The van der Waals surface area contributed by atoms with Crippen LogP contribution in [0.1, 0.15) is 30.9 Å².